The Bertz CT molecular complexity index is 501. The van der Waals surface area contributed by atoms with Crippen molar-refractivity contribution < 1.29 is 4.39 Å². The molecule has 1 N–H and O–H groups in total. The van der Waals surface area contributed by atoms with Crippen molar-refractivity contribution in [2.24, 2.45) is 0 Å². The fourth-order valence-corrected chi connectivity index (χ4v) is 2.58. The molecule has 0 saturated carbocycles. The second-order valence-corrected chi connectivity index (χ2v) is 5.16. The van der Waals surface area contributed by atoms with Crippen LogP contribution in [-0.2, 0) is 0 Å². The molecule has 0 aliphatic rings. The van der Waals surface area contributed by atoms with Gasteiger partial charge in [-0.25, -0.2) is 4.39 Å². The van der Waals surface area contributed by atoms with E-state index in [-0.39, 0.29) is 5.82 Å². The van der Waals surface area contributed by atoms with Crippen molar-refractivity contribution in [3.8, 4) is 0 Å². The molecule has 98 valence electrons. The Morgan fingerprint density at radius 1 is 1.22 bits per heavy atom. The van der Waals surface area contributed by atoms with E-state index in [1.54, 1.807) is 6.07 Å². The Hall–Kier alpha value is -1.31. The monoisotopic (exact) mass is 247 g/mol. The maximum atomic E-state index is 13.6. The van der Waals surface area contributed by atoms with E-state index in [4.69, 9.17) is 0 Å². The molecule has 1 aromatic heterocycles. The lowest BCUT2D eigenvalue weighted by Gasteiger charge is -2.10. The van der Waals surface area contributed by atoms with Gasteiger partial charge in [0.05, 0.1) is 5.52 Å². The quantitative estimate of drug-likeness (QED) is 0.659. The van der Waals surface area contributed by atoms with Crippen molar-refractivity contribution in [2.45, 2.75) is 51.9 Å². The third-order valence-corrected chi connectivity index (χ3v) is 3.72. The number of unbranched alkanes of at least 4 members (excludes halogenated alkanes) is 3. The van der Waals surface area contributed by atoms with E-state index in [2.05, 4.69) is 18.8 Å². The Morgan fingerprint density at radius 2 is 2.06 bits per heavy atom. The Balaban J connectivity index is 2.08. The van der Waals surface area contributed by atoms with Gasteiger partial charge in [0.15, 0.2) is 0 Å². The molecule has 1 unspecified atom stereocenters. The normalized spacial score (nSPS) is 13.1. The Kier molecular flexibility index (Phi) is 4.40. The average Bonchev–Trinajstić information content (AvgIpc) is 2.80. The average molecular weight is 247 g/mol. The topological polar surface area (TPSA) is 15.8 Å². The van der Waals surface area contributed by atoms with Crippen LogP contribution in [0.5, 0.6) is 0 Å². The van der Waals surface area contributed by atoms with Crippen molar-refractivity contribution in [1.29, 1.82) is 0 Å². The van der Waals surface area contributed by atoms with Gasteiger partial charge in [-0.2, -0.15) is 0 Å². The molecule has 0 fully saturated rings. The second kappa shape index (κ2) is 6.03. The van der Waals surface area contributed by atoms with Crippen LogP contribution in [0.15, 0.2) is 24.4 Å². The summed E-state index contributed by atoms with van der Waals surface area (Å²) in [7, 11) is 0. The van der Waals surface area contributed by atoms with E-state index in [9.17, 15) is 4.39 Å². The second-order valence-electron chi connectivity index (χ2n) is 5.16. The van der Waals surface area contributed by atoms with Crippen LogP contribution in [0.1, 0.15) is 57.4 Å². The van der Waals surface area contributed by atoms with Crippen LogP contribution in [0, 0.1) is 5.82 Å². The van der Waals surface area contributed by atoms with E-state index in [0.717, 1.165) is 5.39 Å². The van der Waals surface area contributed by atoms with Crippen molar-refractivity contribution in [1.82, 2.24) is 4.98 Å². The third kappa shape index (κ3) is 2.74. The van der Waals surface area contributed by atoms with Gasteiger partial charge in [0.2, 0.25) is 0 Å². The fourth-order valence-electron chi connectivity index (χ4n) is 2.58. The summed E-state index contributed by atoms with van der Waals surface area (Å²) in [5.74, 6) is 0.342. The highest BCUT2D eigenvalue weighted by molar-refractivity contribution is 5.84. The van der Waals surface area contributed by atoms with Gasteiger partial charge in [-0.3, -0.25) is 0 Å². The number of fused-ring (bicyclic) bond motifs is 1. The number of hydrogen-bond donors (Lipinski definition) is 1. The first-order chi connectivity index (χ1) is 8.74. The molecule has 1 atom stereocenters. The lowest BCUT2D eigenvalue weighted by Crippen LogP contribution is -1.92. The van der Waals surface area contributed by atoms with Gasteiger partial charge in [0, 0.05) is 11.6 Å². The summed E-state index contributed by atoms with van der Waals surface area (Å²) in [6, 6.07) is 5.31. The zero-order valence-electron chi connectivity index (χ0n) is 11.3. The molecule has 2 rings (SSSR count). The number of rotatable bonds is 6. The predicted molar refractivity (Wildman–Crippen MR) is 75.4 cm³/mol. The lowest BCUT2D eigenvalue weighted by molar-refractivity contribution is 0.582. The van der Waals surface area contributed by atoms with Gasteiger partial charge in [-0.1, -0.05) is 51.7 Å². The van der Waals surface area contributed by atoms with Gasteiger partial charge < -0.3 is 4.98 Å². The summed E-state index contributed by atoms with van der Waals surface area (Å²) in [6.45, 7) is 4.46. The first-order valence-corrected chi connectivity index (χ1v) is 6.99. The molecule has 0 aliphatic heterocycles. The van der Waals surface area contributed by atoms with Gasteiger partial charge in [-0.05, 0) is 24.0 Å². The molecule has 0 spiro atoms. The maximum Gasteiger partial charge on any atom is 0.147 e. The highest BCUT2D eigenvalue weighted by Crippen LogP contribution is 2.30. The number of aromatic amines is 1. The lowest BCUT2D eigenvalue weighted by atomic mass is 9.94. The number of nitrogens with one attached hydrogen (secondary N) is 1. The number of halogens is 1. The van der Waals surface area contributed by atoms with Gasteiger partial charge in [0.1, 0.15) is 5.82 Å². The van der Waals surface area contributed by atoms with Gasteiger partial charge in [-0.15, -0.1) is 0 Å². The minimum Gasteiger partial charge on any atom is -0.359 e. The molecule has 0 radical (unpaired) electrons. The number of hydrogen-bond acceptors (Lipinski definition) is 0. The number of benzene rings is 1. The summed E-state index contributed by atoms with van der Waals surface area (Å²) in [5.41, 5.74) is 1.90. The molecule has 0 aliphatic carbocycles. The van der Waals surface area contributed by atoms with Crippen molar-refractivity contribution >= 4 is 10.9 Å². The summed E-state index contributed by atoms with van der Waals surface area (Å²) in [4.78, 5) is 3.06. The molecule has 0 saturated heterocycles. The third-order valence-electron chi connectivity index (χ3n) is 3.72. The number of H-pyrrole nitrogens is 1. The van der Waals surface area contributed by atoms with Crippen LogP contribution in [-0.4, -0.2) is 4.98 Å². The predicted octanol–water partition coefficient (Wildman–Crippen LogP) is 5.38. The zero-order valence-corrected chi connectivity index (χ0v) is 11.3. The Morgan fingerprint density at radius 3 is 2.83 bits per heavy atom. The first kappa shape index (κ1) is 13.1. The van der Waals surface area contributed by atoms with E-state index in [1.807, 2.05) is 12.3 Å². The summed E-state index contributed by atoms with van der Waals surface area (Å²) < 4.78 is 13.6. The molecule has 0 bridgehead atoms. The van der Waals surface area contributed by atoms with E-state index in [1.165, 1.54) is 43.7 Å². The van der Waals surface area contributed by atoms with Crippen molar-refractivity contribution in [3.05, 3.63) is 35.8 Å². The van der Waals surface area contributed by atoms with Crippen LogP contribution < -0.4 is 0 Å². The summed E-state index contributed by atoms with van der Waals surface area (Å²) in [6.07, 6.45) is 8.30. The first-order valence-electron chi connectivity index (χ1n) is 6.99. The van der Waals surface area contributed by atoms with Gasteiger partial charge >= 0.3 is 0 Å². The number of para-hydroxylation sites is 1. The fraction of sp³-hybridized carbons (Fsp3) is 0.500. The van der Waals surface area contributed by atoms with Crippen LogP contribution in [0.4, 0.5) is 4.39 Å². The minimum atomic E-state index is -0.156. The molecular formula is C16H22FN. The smallest absolute Gasteiger partial charge is 0.147 e. The zero-order chi connectivity index (χ0) is 13.0. The molecule has 1 aromatic carbocycles. The van der Waals surface area contributed by atoms with Crippen LogP contribution in [0.25, 0.3) is 10.9 Å². The Labute approximate surface area is 108 Å². The highest BCUT2D eigenvalue weighted by atomic mass is 19.1. The molecule has 0 amide bonds. The van der Waals surface area contributed by atoms with E-state index >= 15 is 0 Å². The SMILES string of the molecule is CCCCCCC(C)c1c[nH]c2c(F)cccc12. The largest absolute Gasteiger partial charge is 0.359 e. The molecule has 1 heterocycles. The maximum absolute atomic E-state index is 13.6. The highest BCUT2D eigenvalue weighted by Gasteiger charge is 2.12. The van der Waals surface area contributed by atoms with Crippen LogP contribution >= 0.6 is 0 Å². The minimum absolute atomic E-state index is 0.156. The standard InChI is InChI=1S/C16H22FN/c1-3-4-5-6-8-12(2)14-11-18-16-13(14)9-7-10-15(16)17/h7,9-12,18H,3-6,8H2,1-2H3. The molecule has 2 heteroatoms. The van der Waals surface area contributed by atoms with Crippen LogP contribution in [0.3, 0.4) is 0 Å². The molecular weight excluding hydrogens is 225 g/mol. The molecule has 1 nitrogen and oxygen atoms in total. The van der Waals surface area contributed by atoms with E-state index < -0.39 is 0 Å². The molecule has 18 heavy (non-hydrogen) atoms. The van der Waals surface area contributed by atoms with Crippen molar-refractivity contribution in [3.63, 3.8) is 0 Å². The molecule has 2 aromatic rings. The number of aromatic nitrogens is 1. The van der Waals surface area contributed by atoms with Crippen LogP contribution in [0.2, 0.25) is 0 Å². The summed E-state index contributed by atoms with van der Waals surface area (Å²) >= 11 is 0. The van der Waals surface area contributed by atoms with Crippen molar-refractivity contribution in [2.75, 3.05) is 0 Å². The van der Waals surface area contributed by atoms with Gasteiger partial charge in [0.25, 0.3) is 0 Å². The summed E-state index contributed by atoms with van der Waals surface area (Å²) in [5, 5.41) is 1.04. The van der Waals surface area contributed by atoms with E-state index in [0.29, 0.717) is 11.4 Å².